The minimum atomic E-state index is 0. The Hall–Kier alpha value is -1.46. The molecule has 146 valence electrons. The summed E-state index contributed by atoms with van der Waals surface area (Å²) in [6, 6.07) is 5.57. The van der Waals surface area contributed by atoms with Crippen molar-refractivity contribution < 1.29 is 14.3 Å². The molecule has 2 saturated heterocycles. The highest BCUT2D eigenvalue weighted by Crippen LogP contribution is 2.31. The van der Waals surface area contributed by atoms with E-state index in [1.807, 2.05) is 30.0 Å². The molecule has 5 nitrogen and oxygen atoms in total. The highest BCUT2D eigenvalue weighted by atomic mass is 35.5. The zero-order valence-corrected chi connectivity index (χ0v) is 16.6. The maximum absolute atomic E-state index is 13.0. The summed E-state index contributed by atoms with van der Waals surface area (Å²) in [6.45, 7) is 9.12. The van der Waals surface area contributed by atoms with Crippen LogP contribution in [0.3, 0.4) is 0 Å². The van der Waals surface area contributed by atoms with Crippen LogP contribution in [0.15, 0.2) is 18.2 Å². The molecule has 2 atom stereocenters. The van der Waals surface area contributed by atoms with Gasteiger partial charge in [0.1, 0.15) is 0 Å². The fourth-order valence-corrected chi connectivity index (χ4v) is 3.84. The maximum atomic E-state index is 13.0. The monoisotopic (exact) mass is 382 g/mol. The van der Waals surface area contributed by atoms with Crippen molar-refractivity contribution in [1.82, 2.24) is 10.2 Å². The van der Waals surface area contributed by atoms with Crippen molar-refractivity contribution in [2.75, 3.05) is 39.4 Å². The predicted molar refractivity (Wildman–Crippen MR) is 106 cm³/mol. The molecule has 0 spiro atoms. The van der Waals surface area contributed by atoms with Gasteiger partial charge in [-0.2, -0.15) is 0 Å². The Kier molecular flexibility index (Phi) is 8.04. The van der Waals surface area contributed by atoms with Crippen LogP contribution in [0, 0.1) is 11.8 Å². The van der Waals surface area contributed by atoms with E-state index in [2.05, 4.69) is 12.2 Å². The van der Waals surface area contributed by atoms with Gasteiger partial charge in [0.25, 0.3) is 5.91 Å². The van der Waals surface area contributed by atoms with Crippen LogP contribution in [0.25, 0.3) is 0 Å². The van der Waals surface area contributed by atoms with Gasteiger partial charge in [-0.1, -0.05) is 6.92 Å². The molecule has 6 heteroatoms. The van der Waals surface area contributed by atoms with Crippen LogP contribution in [-0.4, -0.2) is 50.2 Å². The van der Waals surface area contributed by atoms with E-state index >= 15 is 0 Å². The summed E-state index contributed by atoms with van der Waals surface area (Å²) in [5.74, 6) is 2.94. The number of hydrogen-bond donors (Lipinski definition) is 1. The highest BCUT2D eigenvalue weighted by molar-refractivity contribution is 5.95. The third-order valence-corrected chi connectivity index (χ3v) is 5.26. The minimum Gasteiger partial charge on any atom is -0.490 e. The van der Waals surface area contributed by atoms with Gasteiger partial charge in [-0.3, -0.25) is 4.79 Å². The third kappa shape index (κ3) is 4.83. The van der Waals surface area contributed by atoms with Gasteiger partial charge in [-0.25, -0.2) is 0 Å². The van der Waals surface area contributed by atoms with Gasteiger partial charge >= 0.3 is 0 Å². The molecule has 26 heavy (non-hydrogen) atoms. The lowest BCUT2D eigenvalue weighted by molar-refractivity contribution is 0.0758. The second-order valence-corrected chi connectivity index (χ2v) is 6.99. The van der Waals surface area contributed by atoms with E-state index in [9.17, 15) is 4.79 Å². The Bertz CT molecular complexity index is 582. The van der Waals surface area contributed by atoms with Crippen molar-refractivity contribution in [3.05, 3.63) is 23.8 Å². The summed E-state index contributed by atoms with van der Waals surface area (Å²) in [5, 5.41) is 3.48. The van der Waals surface area contributed by atoms with Crippen LogP contribution < -0.4 is 14.8 Å². The molecule has 1 amide bonds. The maximum Gasteiger partial charge on any atom is 0.253 e. The molecule has 1 aromatic carbocycles. The number of hydrogen-bond acceptors (Lipinski definition) is 4. The molecule has 2 aliphatic heterocycles. The highest BCUT2D eigenvalue weighted by Gasteiger charge is 2.31. The van der Waals surface area contributed by atoms with Gasteiger partial charge in [0, 0.05) is 18.7 Å². The Morgan fingerprint density at radius 3 is 2.42 bits per heavy atom. The number of rotatable bonds is 6. The van der Waals surface area contributed by atoms with Crippen molar-refractivity contribution >= 4 is 18.3 Å². The number of ether oxygens (including phenoxy) is 2. The quantitative estimate of drug-likeness (QED) is 0.819. The number of carbonyl (C=O) groups excluding carboxylic acids is 1. The molecule has 0 bridgehead atoms. The molecule has 0 aliphatic carbocycles. The van der Waals surface area contributed by atoms with Crippen LogP contribution in [0.4, 0.5) is 0 Å². The van der Waals surface area contributed by atoms with Gasteiger partial charge in [-0.05, 0) is 69.3 Å². The Labute approximate surface area is 162 Å². The van der Waals surface area contributed by atoms with Gasteiger partial charge < -0.3 is 19.7 Å². The van der Waals surface area contributed by atoms with Gasteiger partial charge in [-0.15, -0.1) is 12.4 Å². The van der Waals surface area contributed by atoms with E-state index < -0.39 is 0 Å². The number of likely N-dealkylation sites (tertiary alicyclic amines) is 1. The van der Waals surface area contributed by atoms with Gasteiger partial charge in [0.05, 0.1) is 13.2 Å². The number of benzene rings is 1. The van der Waals surface area contributed by atoms with Crippen molar-refractivity contribution in [3.8, 4) is 11.5 Å². The second-order valence-electron chi connectivity index (χ2n) is 6.99. The van der Waals surface area contributed by atoms with Crippen LogP contribution in [0.2, 0.25) is 0 Å². The first-order valence-corrected chi connectivity index (χ1v) is 9.62. The topological polar surface area (TPSA) is 50.8 Å². The van der Waals surface area contributed by atoms with Crippen LogP contribution in [-0.2, 0) is 0 Å². The van der Waals surface area contributed by atoms with Crippen LogP contribution in [0.5, 0.6) is 11.5 Å². The fraction of sp³-hybridized carbons (Fsp3) is 0.650. The minimum absolute atomic E-state index is 0. The Balaban J connectivity index is 0.00000243. The lowest BCUT2D eigenvalue weighted by Gasteiger charge is -2.22. The Morgan fingerprint density at radius 1 is 1.12 bits per heavy atom. The molecule has 1 N–H and O–H groups in total. The largest absolute Gasteiger partial charge is 0.490 e. The van der Waals surface area contributed by atoms with Gasteiger partial charge in [0.2, 0.25) is 0 Å². The fourth-order valence-electron chi connectivity index (χ4n) is 3.84. The average molecular weight is 383 g/mol. The van der Waals surface area contributed by atoms with E-state index in [4.69, 9.17) is 9.47 Å². The van der Waals surface area contributed by atoms with Crippen molar-refractivity contribution in [2.24, 2.45) is 11.8 Å². The predicted octanol–water partition coefficient (Wildman–Crippen LogP) is 3.37. The zero-order valence-electron chi connectivity index (χ0n) is 15.8. The SMILES string of the molecule is CCCOc1ccc(C(=O)N2CC[C@@H]3CNC[C@@H]3CC2)cc1OCC.Cl. The third-order valence-electron chi connectivity index (χ3n) is 5.26. The number of amides is 1. The molecule has 0 radical (unpaired) electrons. The summed E-state index contributed by atoms with van der Waals surface area (Å²) in [5.41, 5.74) is 0.692. The van der Waals surface area contributed by atoms with Crippen molar-refractivity contribution in [1.29, 1.82) is 0 Å². The summed E-state index contributed by atoms with van der Waals surface area (Å²) < 4.78 is 11.4. The molecule has 3 rings (SSSR count). The average Bonchev–Trinajstić information content (AvgIpc) is 2.99. The Morgan fingerprint density at radius 2 is 1.81 bits per heavy atom. The van der Waals surface area contributed by atoms with Crippen molar-refractivity contribution in [2.45, 2.75) is 33.1 Å². The summed E-state index contributed by atoms with van der Waals surface area (Å²) in [4.78, 5) is 15.0. The summed E-state index contributed by atoms with van der Waals surface area (Å²) >= 11 is 0. The lowest BCUT2D eigenvalue weighted by atomic mass is 9.92. The molecule has 2 fully saturated rings. The molecular weight excluding hydrogens is 352 g/mol. The van der Waals surface area contributed by atoms with Gasteiger partial charge in [0.15, 0.2) is 11.5 Å². The summed E-state index contributed by atoms with van der Waals surface area (Å²) in [6.07, 6.45) is 3.13. The number of halogens is 1. The normalized spacial score (nSPS) is 22.2. The summed E-state index contributed by atoms with van der Waals surface area (Å²) in [7, 11) is 0. The first-order chi connectivity index (χ1) is 12.2. The molecule has 0 aromatic heterocycles. The smallest absolute Gasteiger partial charge is 0.253 e. The van der Waals surface area contributed by atoms with Crippen molar-refractivity contribution in [3.63, 3.8) is 0 Å². The van der Waals surface area contributed by atoms with E-state index in [1.54, 1.807) is 0 Å². The first kappa shape index (κ1) is 20.8. The lowest BCUT2D eigenvalue weighted by Crippen LogP contribution is -2.32. The second kappa shape index (κ2) is 10.0. The zero-order chi connectivity index (χ0) is 17.6. The number of nitrogens with one attached hydrogen (secondary N) is 1. The van der Waals surface area contributed by atoms with E-state index in [0.717, 1.165) is 63.0 Å². The first-order valence-electron chi connectivity index (χ1n) is 9.62. The van der Waals surface area contributed by atoms with Crippen LogP contribution in [0.1, 0.15) is 43.5 Å². The number of carbonyl (C=O) groups is 1. The van der Waals surface area contributed by atoms with E-state index in [-0.39, 0.29) is 18.3 Å². The molecule has 2 heterocycles. The standard InChI is InChI=1S/C20H30N2O3.ClH/c1-3-11-25-18-6-5-15(12-19(18)24-4-2)20(23)22-9-7-16-13-21-14-17(16)8-10-22;/h5-6,12,16-17,21H,3-4,7-11,13-14H2,1-2H3;1H/t16-,17+;. The number of nitrogens with zero attached hydrogens (tertiary/aromatic N) is 1. The molecule has 0 saturated carbocycles. The molecular formula is C20H31ClN2O3. The molecule has 0 unspecified atom stereocenters. The molecule has 2 aliphatic rings. The number of fused-ring (bicyclic) bond motifs is 1. The van der Waals surface area contributed by atoms with Crippen LogP contribution >= 0.6 is 12.4 Å². The molecule has 1 aromatic rings. The van der Waals surface area contributed by atoms with E-state index in [1.165, 1.54) is 0 Å². The van der Waals surface area contributed by atoms with E-state index in [0.29, 0.717) is 24.5 Å².